The average molecular weight is 489 g/mol. The van der Waals surface area contributed by atoms with Crippen molar-refractivity contribution < 1.29 is 17.7 Å². The van der Waals surface area contributed by atoms with Gasteiger partial charge in [0.1, 0.15) is 0 Å². The zero-order chi connectivity index (χ0) is 17.4. The third-order valence-corrected chi connectivity index (χ3v) is 7.38. The van der Waals surface area contributed by atoms with E-state index < -0.39 is 17.9 Å². The molecule has 0 amide bonds. The molecule has 0 fully saturated rings. The van der Waals surface area contributed by atoms with Crippen LogP contribution in [0, 0.1) is 3.70 Å². The van der Waals surface area contributed by atoms with E-state index in [2.05, 4.69) is 29.6 Å². The molecule has 0 aromatic carbocycles. The number of hydrogen-bond donors (Lipinski definition) is 1. The van der Waals surface area contributed by atoms with Crippen LogP contribution in [0.2, 0.25) is 30.7 Å². The fourth-order valence-electron chi connectivity index (χ4n) is 1.98. The van der Waals surface area contributed by atoms with Gasteiger partial charge >= 0.3 is 10.8 Å². The molecule has 0 aliphatic carbocycles. The lowest BCUT2D eigenvalue weighted by atomic mass is 10.4. The molecule has 2 aromatic heterocycles. The highest BCUT2D eigenvalue weighted by Gasteiger charge is 2.27. The molecule has 0 aliphatic rings. The van der Waals surface area contributed by atoms with Gasteiger partial charge in [-0.3, -0.25) is 4.98 Å². The van der Waals surface area contributed by atoms with Crippen molar-refractivity contribution in [1.82, 2.24) is 9.97 Å². The Morgan fingerprint density at radius 3 is 2.65 bits per heavy atom. The van der Waals surface area contributed by atoms with Crippen LogP contribution in [0.5, 0.6) is 0 Å². The fraction of sp³-hybridized carbons (Fsp3) is 0.538. The highest BCUT2D eigenvalue weighted by Crippen LogP contribution is 2.21. The number of imidazole rings is 1. The van der Waals surface area contributed by atoms with Crippen LogP contribution >= 0.6 is 34.2 Å². The van der Waals surface area contributed by atoms with Gasteiger partial charge < -0.3 is 4.74 Å². The van der Waals surface area contributed by atoms with Crippen molar-refractivity contribution in [2.24, 2.45) is 0 Å². The minimum absolute atomic E-state index is 0.0751. The summed E-state index contributed by atoms with van der Waals surface area (Å²) in [5.41, 5.74) is 1.09. The number of sulfone groups is 1. The predicted octanol–water partition coefficient (Wildman–Crippen LogP) is 2.82. The van der Waals surface area contributed by atoms with Crippen LogP contribution in [0.1, 0.15) is 0 Å². The van der Waals surface area contributed by atoms with Crippen molar-refractivity contribution in [3.05, 3.63) is 14.8 Å². The Bertz CT molecular complexity index is 833. The number of rotatable bonds is 6. The molecule has 0 radical (unpaired) electrons. The van der Waals surface area contributed by atoms with E-state index in [4.69, 9.17) is 16.3 Å². The number of H-pyrrole nitrogens is 1. The van der Waals surface area contributed by atoms with Crippen molar-refractivity contribution in [3.8, 4) is 0 Å². The number of halogens is 2. The maximum atomic E-state index is 12.0. The average Bonchev–Trinajstić information content (AvgIpc) is 2.72. The van der Waals surface area contributed by atoms with Crippen molar-refractivity contribution >= 4 is 63.3 Å². The van der Waals surface area contributed by atoms with E-state index in [9.17, 15) is 8.42 Å². The molecule has 128 valence electrons. The number of pyridine rings is 1. The van der Waals surface area contributed by atoms with Crippen LogP contribution in [0.4, 0.5) is 0 Å². The summed E-state index contributed by atoms with van der Waals surface area (Å²) < 4.78 is 31.9. The van der Waals surface area contributed by atoms with E-state index in [1.54, 1.807) is 10.6 Å². The summed E-state index contributed by atoms with van der Waals surface area (Å²) in [5.74, 6) is 0. The molecule has 23 heavy (non-hydrogen) atoms. The maximum Gasteiger partial charge on any atom is 0.322 e. The number of fused-ring (bicyclic) bond motifs is 1. The van der Waals surface area contributed by atoms with Gasteiger partial charge in [0.2, 0.25) is 9.84 Å². The molecular weight excluding hydrogens is 469 g/mol. The number of ether oxygens (including phenoxy) is 1. The topological polar surface area (TPSA) is 75.9 Å². The van der Waals surface area contributed by atoms with Gasteiger partial charge in [0.25, 0.3) is 0 Å². The molecule has 10 heteroatoms. The normalized spacial score (nSPS) is 13.0. The standard InChI is InChI=1S/C13H19ClIN3O3SSi/c1-22(19,20)13-16-10-7-9(14)11(15)17-12(10)18(13)8-21-5-6-23(2,3)4/h7H,5-6,8H2,1-4H3/p+1. The molecule has 0 saturated carbocycles. The Kier molecular flexibility index (Phi) is 5.77. The number of aromatic amines is 1. The second kappa shape index (κ2) is 6.94. The Balaban J connectivity index is 2.37. The summed E-state index contributed by atoms with van der Waals surface area (Å²) in [6, 6.07) is 2.69. The van der Waals surface area contributed by atoms with Gasteiger partial charge in [0.15, 0.2) is 15.9 Å². The first kappa shape index (κ1) is 19.1. The smallest absolute Gasteiger partial charge is 0.322 e. The van der Waals surface area contributed by atoms with Gasteiger partial charge in [-0.1, -0.05) is 36.2 Å². The van der Waals surface area contributed by atoms with Crippen LogP contribution in [-0.2, 0) is 21.3 Å². The van der Waals surface area contributed by atoms with Crippen LogP contribution in [0.25, 0.3) is 11.2 Å². The van der Waals surface area contributed by atoms with Crippen LogP contribution in [-0.4, -0.2) is 39.3 Å². The molecular formula is C13H20ClIN3O3SSi+. The Morgan fingerprint density at radius 2 is 2.09 bits per heavy atom. The monoisotopic (exact) mass is 488 g/mol. The number of hydrogen-bond acceptors (Lipinski definition) is 4. The molecule has 2 heterocycles. The third kappa shape index (κ3) is 4.88. The summed E-state index contributed by atoms with van der Waals surface area (Å²) in [6.07, 6.45) is 1.16. The molecule has 0 aliphatic heterocycles. The lowest BCUT2D eigenvalue weighted by Gasteiger charge is -2.15. The quantitative estimate of drug-likeness (QED) is 0.223. The molecule has 0 unspecified atom stereocenters. The molecule has 6 nitrogen and oxygen atoms in total. The number of aromatic nitrogens is 3. The van der Waals surface area contributed by atoms with Gasteiger partial charge in [-0.05, 0) is 6.04 Å². The van der Waals surface area contributed by atoms with E-state index in [1.807, 2.05) is 22.6 Å². The minimum Gasteiger partial charge on any atom is -0.348 e. The first-order valence-electron chi connectivity index (χ1n) is 7.04. The first-order chi connectivity index (χ1) is 10.5. The third-order valence-electron chi connectivity index (χ3n) is 3.22. The van der Waals surface area contributed by atoms with Gasteiger partial charge in [-0.2, -0.15) is 4.57 Å². The molecule has 2 rings (SSSR count). The number of nitrogens with one attached hydrogen (secondary N) is 1. The van der Waals surface area contributed by atoms with E-state index in [1.165, 1.54) is 0 Å². The number of nitrogens with zero attached hydrogens (tertiary/aromatic N) is 2. The Hall–Kier alpha value is -0.233. The zero-order valence-electron chi connectivity index (χ0n) is 13.5. The van der Waals surface area contributed by atoms with Crippen molar-refractivity contribution in [2.45, 2.75) is 37.6 Å². The van der Waals surface area contributed by atoms with E-state index >= 15 is 0 Å². The van der Waals surface area contributed by atoms with Crippen molar-refractivity contribution in [1.29, 1.82) is 0 Å². The highest BCUT2D eigenvalue weighted by atomic mass is 127. The SMILES string of the molecule is C[Si](C)(C)CCOC[n+]1c(S(C)(=O)=O)[nH]c2cc(Cl)c(I)nc21. The first-order valence-corrected chi connectivity index (χ1v) is 14.1. The second-order valence-corrected chi connectivity index (χ2v) is 15.6. The molecule has 2 aromatic rings. The summed E-state index contributed by atoms with van der Waals surface area (Å²) in [4.78, 5) is 7.27. The largest absolute Gasteiger partial charge is 0.348 e. The summed E-state index contributed by atoms with van der Waals surface area (Å²) in [7, 11) is -4.63. The zero-order valence-corrected chi connectivity index (χ0v) is 18.2. The molecule has 0 bridgehead atoms. The molecule has 1 N–H and O–H groups in total. The van der Waals surface area contributed by atoms with Crippen molar-refractivity contribution in [2.75, 3.05) is 12.9 Å². The van der Waals surface area contributed by atoms with Crippen molar-refractivity contribution in [3.63, 3.8) is 0 Å². The van der Waals surface area contributed by atoms with Crippen LogP contribution in [0.15, 0.2) is 11.2 Å². The minimum atomic E-state index is -3.44. The highest BCUT2D eigenvalue weighted by molar-refractivity contribution is 14.1. The van der Waals surface area contributed by atoms with E-state index in [0.717, 1.165) is 12.3 Å². The predicted molar refractivity (Wildman–Crippen MR) is 101 cm³/mol. The summed E-state index contributed by atoms with van der Waals surface area (Å²) >= 11 is 8.08. The lowest BCUT2D eigenvalue weighted by Crippen LogP contribution is -2.40. The summed E-state index contributed by atoms with van der Waals surface area (Å²) in [5, 5.41) is 0.553. The summed E-state index contributed by atoms with van der Waals surface area (Å²) in [6.45, 7) is 7.54. The van der Waals surface area contributed by atoms with Gasteiger partial charge in [0, 0.05) is 49.6 Å². The molecule has 0 atom stereocenters. The Labute approximate surface area is 155 Å². The molecule has 0 spiro atoms. The Morgan fingerprint density at radius 1 is 1.43 bits per heavy atom. The second-order valence-electron chi connectivity index (χ2n) is 6.61. The van der Waals surface area contributed by atoms with Gasteiger partial charge in [-0.25, -0.2) is 8.42 Å². The maximum absolute atomic E-state index is 12.0. The molecule has 0 saturated heterocycles. The van der Waals surface area contributed by atoms with E-state index in [-0.39, 0.29) is 11.9 Å². The van der Waals surface area contributed by atoms with Gasteiger partial charge in [0.05, 0.1) is 5.02 Å². The van der Waals surface area contributed by atoms with E-state index in [0.29, 0.717) is 26.5 Å². The van der Waals surface area contributed by atoms with Gasteiger partial charge in [-0.15, -0.1) is 0 Å². The van der Waals surface area contributed by atoms with Crippen LogP contribution in [0.3, 0.4) is 0 Å². The lowest BCUT2D eigenvalue weighted by molar-refractivity contribution is -0.745. The van der Waals surface area contributed by atoms with Crippen LogP contribution < -0.4 is 4.57 Å². The fourth-order valence-corrected chi connectivity index (χ4v) is 4.11.